The molecule has 0 spiro atoms. The number of hydrogen-bond donors (Lipinski definition) is 1. The maximum Gasteiger partial charge on any atom is 0.249 e. The SMILES string of the molecule is N#C[C@@H]1C[C@@H]2C[C@@H]2N1C(=O)Cc1cc(C(N)=O)c2cc(CF)ccc2n1. The number of rotatable bonds is 4. The minimum atomic E-state index is -0.652. The van der Waals surface area contributed by atoms with E-state index >= 15 is 0 Å². The number of nitriles is 1. The molecule has 0 bridgehead atoms. The number of alkyl halides is 1. The number of fused-ring (bicyclic) bond motifs is 2. The molecule has 7 heteroatoms. The van der Waals surface area contributed by atoms with Crippen LogP contribution in [0.3, 0.4) is 0 Å². The Morgan fingerprint density at radius 3 is 2.85 bits per heavy atom. The summed E-state index contributed by atoms with van der Waals surface area (Å²) in [7, 11) is 0. The fourth-order valence-corrected chi connectivity index (χ4v) is 3.88. The van der Waals surface area contributed by atoms with Crippen LogP contribution in [-0.2, 0) is 17.9 Å². The number of nitrogens with zero attached hydrogens (tertiary/aromatic N) is 3. The van der Waals surface area contributed by atoms with Gasteiger partial charge in [0, 0.05) is 11.4 Å². The largest absolute Gasteiger partial charge is 0.366 e. The van der Waals surface area contributed by atoms with Gasteiger partial charge in [0.25, 0.3) is 0 Å². The molecule has 2 aromatic rings. The van der Waals surface area contributed by atoms with Gasteiger partial charge in [0.2, 0.25) is 11.8 Å². The summed E-state index contributed by atoms with van der Waals surface area (Å²) in [6.07, 6.45) is 1.69. The summed E-state index contributed by atoms with van der Waals surface area (Å²) in [5, 5.41) is 9.72. The summed E-state index contributed by atoms with van der Waals surface area (Å²) in [4.78, 5) is 30.6. The fraction of sp³-hybridized carbons (Fsp3) is 0.368. The van der Waals surface area contributed by atoms with Crippen LogP contribution >= 0.6 is 0 Å². The molecular formula is C19H17FN4O2. The molecule has 132 valence electrons. The van der Waals surface area contributed by atoms with Gasteiger partial charge in [-0.2, -0.15) is 5.26 Å². The number of primary amides is 1. The topological polar surface area (TPSA) is 100 Å². The molecule has 2 fully saturated rings. The molecular weight excluding hydrogens is 335 g/mol. The van der Waals surface area contributed by atoms with Gasteiger partial charge in [-0.15, -0.1) is 0 Å². The first-order chi connectivity index (χ1) is 12.5. The Morgan fingerprint density at radius 1 is 1.35 bits per heavy atom. The van der Waals surface area contributed by atoms with Crippen molar-refractivity contribution < 1.29 is 14.0 Å². The van der Waals surface area contributed by atoms with E-state index in [1.165, 1.54) is 6.07 Å². The van der Waals surface area contributed by atoms with Gasteiger partial charge >= 0.3 is 0 Å². The van der Waals surface area contributed by atoms with Gasteiger partial charge in [-0.05, 0) is 42.5 Å². The lowest BCUT2D eigenvalue weighted by Gasteiger charge is -2.22. The normalized spacial score (nSPS) is 23.5. The highest BCUT2D eigenvalue weighted by Gasteiger charge is 2.53. The number of carbonyl (C=O) groups is 2. The smallest absolute Gasteiger partial charge is 0.249 e. The number of amides is 2. The van der Waals surface area contributed by atoms with E-state index < -0.39 is 12.6 Å². The first-order valence-electron chi connectivity index (χ1n) is 8.51. The van der Waals surface area contributed by atoms with Crippen molar-refractivity contribution in [1.29, 1.82) is 5.26 Å². The molecule has 2 amide bonds. The van der Waals surface area contributed by atoms with Crippen molar-refractivity contribution in [3.63, 3.8) is 0 Å². The monoisotopic (exact) mass is 352 g/mol. The van der Waals surface area contributed by atoms with Gasteiger partial charge in [0.1, 0.15) is 12.7 Å². The third-order valence-corrected chi connectivity index (χ3v) is 5.22. The number of halogens is 1. The van der Waals surface area contributed by atoms with Crippen LogP contribution < -0.4 is 5.73 Å². The second-order valence-corrected chi connectivity index (χ2v) is 6.93. The molecule has 1 aromatic heterocycles. The van der Waals surface area contributed by atoms with Gasteiger partial charge in [-0.25, -0.2) is 4.39 Å². The van der Waals surface area contributed by atoms with Crippen molar-refractivity contribution in [1.82, 2.24) is 9.88 Å². The molecule has 2 heterocycles. The van der Waals surface area contributed by atoms with Gasteiger partial charge < -0.3 is 10.6 Å². The molecule has 1 aliphatic heterocycles. The molecule has 1 saturated heterocycles. The van der Waals surface area contributed by atoms with Crippen LogP contribution in [0.1, 0.15) is 34.5 Å². The molecule has 0 radical (unpaired) electrons. The van der Waals surface area contributed by atoms with Gasteiger partial charge in [0.05, 0.1) is 29.3 Å². The fourth-order valence-electron chi connectivity index (χ4n) is 3.88. The molecule has 4 rings (SSSR count). The summed E-state index contributed by atoms with van der Waals surface area (Å²) in [6.45, 7) is -0.651. The average molecular weight is 352 g/mol. The number of pyridine rings is 1. The molecule has 3 atom stereocenters. The number of piperidine rings is 1. The van der Waals surface area contributed by atoms with Gasteiger partial charge in [0.15, 0.2) is 0 Å². The minimum absolute atomic E-state index is 0.00246. The Kier molecular flexibility index (Phi) is 3.83. The van der Waals surface area contributed by atoms with Crippen LogP contribution in [-0.4, -0.2) is 33.8 Å². The van der Waals surface area contributed by atoms with Crippen molar-refractivity contribution in [2.45, 2.75) is 38.0 Å². The van der Waals surface area contributed by atoms with E-state index in [-0.39, 0.29) is 30.0 Å². The average Bonchev–Trinajstić information content (AvgIpc) is 3.29. The zero-order chi connectivity index (χ0) is 18.4. The molecule has 1 aliphatic carbocycles. The van der Waals surface area contributed by atoms with E-state index in [9.17, 15) is 19.2 Å². The number of nitrogens with two attached hydrogens (primary N) is 1. The molecule has 1 saturated carbocycles. The lowest BCUT2D eigenvalue weighted by Crippen LogP contribution is -2.38. The van der Waals surface area contributed by atoms with Crippen LogP contribution in [0.5, 0.6) is 0 Å². The Bertz CT molecular complexity index is 968. The second kappa shape index (κ2) is 6.06. The first kappa shape index (κ1) is 16.5. The number of benzene rings is 1. The summed E-state index contributed by atoms with van der Waals surface area (Å²) in [6, 6.07) is 8.22. The highest BCUT2D eigenvalue weighted by atomic mass is 19.1. The summed E-state index contributed by atoms with van der Waals surface area (Å²) in [5.74, 6) is -0.377. The highest BCUT2D eigenvalue weighted by molar-refractivity contribution is 6.05. The Morgan fingerprint density at radius 2 is 2.15 bits per heavy atom. The summed E-state index contributed by atoms with van der Waals surface area (Å²) < 4.78 is 12.9. The van der Waals surface area contributed by atoms with E-state index in [1.807, 2.05) is 0 Å². The zero-order valence-corrected chi connectivity index (χ0v) is 14.0. The maximum atomic E-state index is 12.9. The van der Waals surface area contributed by atoms with Gasteiger partial charge in [-0.1, -0.05) is 6.07 Å². The van der Waals surface area contributed by atoms with Crippen LogP contribution in [0.25, 0.3) is 10.9 Å². The first-order valence-corrected chi connectivity index (χ1v) is 8.51. The second-order valence-electron chi connectivity index (χ2n) is 6.93. The predicted octanol–water partition coefficient (Wildman–Crippen LogP) is 1.86. The molecule has 2 aliphatic rings. The van der Waals surface area contributed by atoms with E-state index in [4.69, 9.17) is 5.73 Å². The molecule has 26 heavy (non-hydrogen) atoms. The van der Waals surface area contributed by atoms with Crippen molar-refractivity contribution >= 4 is 22.7 Å². The molecule has 2 N–H and O–H groups in total. The van der Waals surface area contributed by atoms with Crippen LogP contribution in [0, 0.1) is 17.2 Å². The number of likely N-dealkylation sites (tertiary alicyclic amines) is 1. The third-order valence-electron chi connectivity index (χ3n) is 5.22. The number of aromatic nitrogens is 1. The standard InChI is InChI=1S/C19H17FN4O2/c20-8-10-1-2-16-14(3-10)15(19(22)26)6-12(23-16)7-18(25)24-13(9-21)4-11-5-17(11)24/h1-3,6,11,13,17H,4-5,7-8H2,(H2,22,26)/t11-,13+,17+/m1/s1. The van der Waals surface area contributed by atoms with Crippen molar-refractivity contribution in [3.8, 4) is 6.07 Å². The summed E-state index contributed by atoms with van der Waals surface area (Å²) >= 11 is 0. The number of carbonyl (C=O) groups excluding carboxylic acids is 2. The highest BCUT2D eigenvalue weighted by Crippen LogP contribution is 2.47. The maximum absolute atomic E-state index is 12.9. The van der Waals surface area contributed by atoms with Crippen LogP contribution in [0.2, 0.25) is 0 Å². The van der Waals surface area contributed by atoms with Crippen molar-refractivity contribution in [2.24, 2.45) is 11.7 Å². The van der Waals surface area contributed by atoms with Crippen LogP contribution in [0.4, 0.5) is 4.39 Å². The van der Waals surface area contributed by atoms with Crippen molar-refractivity contribution in [2.75, 3.05) is 0 Å². The molecule has 0 unspecified atom stereocenters. The predicted molar refractivity (Wildman–Crippen MR) is 91.5 cm³/mol. The Hall–Kier alpha value is -3.01. The van der Waals surface area contributed by atoms with E-state index in [1.54, 1.807) is 23.1 Å². The van der Waals surface area contributed by atoms with E-state index in [2.05, 4.69) is 11.1 Å². The quantitative estimate of drug-likeness (QED) is 0.907. The lowest BCUT2D eigenvalue weighted by atomic mass is 10.0. The van der Waals surface area contributed by atoms with Crippen molar-refractivity contribution in [3.05, 3.63) is 41.1 Å². The Balaban J connectivity index is 1.67. The lowest BCUT2D eigenvalue weighted by molar-refractivity contribution is -0.131. The van der Waals surface area contributed by atoms with E-state index in [0.29, 0.717) is 28.1 Å². The molecule has 6 nitrogen and oxygen atoms in total. The van der Waals surface area contributed by atoms with E-state index in [0.717, 1.165) is 12.8 Å². The Labute approximate surface area is 149 Å². The number of hydrogen-bond acceptors (Lipinski definition) is 4. The van der Waals surface area contributed by atoms with Crippen LogP contribution in [0.15, 0.2) is 24.3 Å². The summed E-state index contributed by atoms with van der Waals surface area (Å²) in [5.41, 5.74) is 7.03. The minimum Gasteiger partial charge on any atom is -0.366 e. The zero-order valence-electron chi connectivity index (χ0n) is 14.0. The van der Waals surface area contributed by atoms with Gasteiger partial charge in [-0.3, -0.25) is 14.6 Å². The molecule has 1 aromatic carbocycles. The third kappa shape index (κ3) is 2.68.